The van der Waals surface area contributed by atoms with Gasteiger partial charge in [0.1, 0.15) is 17.2 Å². The molecule has 0 saturated carbocycles. The summed E-state index contributed by atoms with van der Waals surface area (Å²) in [5.41, 5.74) is 2.85. The van der Waals surface area contributed by atoms with Crippen molar-refractivity contribution in [3.63, 3.8) is 0 Å². The van der Waals surface area contributed by atoms with Crippen LogP contribution < -0.4 is 19.5 Å². The number of aryl methyl sites for hydroxylation is 2. The number of amides is 1. The fraction of sp³-hybridized carbons (Fsp3) is 0.350. The number of hydrogen-bond acceptors (Lipinski definition) is 4. The second-order valence-electron chi connectivity index (χ2n) is 5.84. The lowest BCUT2D eigenvalue weighted by atomic mass is 10.1. The molecule has 0 heterocycles. The van der Waals surface area contributed by atoms with Crippen molar-refractivity contribution in [3.8, 4) is 17.2 Å². The molecule has 134 valence electrons. The summed E-state index contributed by atoms with van der Waals surface area (Å²) in [5, 5.41) is 2.86. The Hall–Kier alpha value is -2.69. The zero-order valence-corrected chi connectivity index (χ0v) is 15.2. The number of nitrogens with one attached hydrogen (secondary N) is 1. The number of rotatable bonds is 8. The topological polar surface area (TPSA) is 56.8 Å². The van der Waals surface area contributed by atoms with E-state index in [4.69, 9.17) is 14.2 Å². The second kappa shape index (κ2) is 8.97. The van der Waals surface area contributed by atoms with Crippen LogP contribution in [0.15, 0.2) is 36.4 Å². The van der Waals surface area contributed by atoms with Gasteiger partial charge in [0.25, 0.3) is 0 Å². The average molecular weight is 343 g/mol. The highest BCUT2D eigenvalue weighted by Gasteiger charge is 2.09. The van der Waals surface area contributed by atoms with Crippen LogP contribution >= 0.6 is 0 Å². The molecule has 0 aromatic heterocycles. The van der Waals surface area contributed by atoms with E-state index in [1.54, 1.807) is 32.4 Å². The molecule has 0 atom stereocenters. The predicted octanol–water partition coefficient (Wildman–Crippen LogP) is 4.12. The van der Waals surface area contributed by atoms with Gasteiger partial charge in [-0.15, -0.1) is 0 Å². The number of carbonyl (C=O) groups excluding carboxylic acids is 1. The van der Waals surface area contributed by atoms with Crippen molar-refractivity contribution in [2.75, 3.05) is 26.1 Å². The van der Waals surface area contributed by atoms with Crippen LogP contribution in [0.25, 0.3) is 0 Å². The van der Waals surface area contributed by atoms with E-state index in [0.29, 0.717) is 36.6 Å². The normalized spacial score (nSPS) is 10.2. The van der Waals surface area contributed by atoms with Gasteiger partial charge in [-0.3, -0.25) is 4.79 Å². The number of methoxy groups -OCH3 is 2. The first-order valence-electron chi connectivity index (χ1n) is 8.25. The molecule has 0 bridgehead atoms. The van der Waals surface area contributed by atoms with Gasteiger partial charge in [0.15, 0.2) is 0 Å². The summed E-state index contributed by atoms with van der Waals surface area (Å²) in [7, 11) is 3.15. The van der Waals surface area contributed by atoms with Gasteiger partial charge < -0.3 is 19.5 Å². The minimum Gasteiger partial charge on any atom is -0.497 e. The van der Waals surface area contributed by atoms with Gasteiger partial charge in [-0.1, -0.05) is 12.1 Å². The predicted molar refractivity (Wildman–Crippen MR) is 98.8 cm³/mol. The molecule has 1 amide bonds. The molecular formula is C20H25NO4. The Balaban J connectivity index is 1.84. The maximum Gasteiger partial charge on any atom is 0.224 e. The molecule has 5 nitrogen and oxygen atoms in total. The van der Waals surface area contributed by atoms with E-state index in [9.17, 15) is 4.79 Å². The molecule has 5 heteroatoms. The van der Waals surface area contributed by atoms with Crippen LogP contribution in [0, 0.1) is 13.8 Å². The first kappa shape index (κ1) is 18.6. The Labute approximate surface area is 148 Å². The van der Waals surface area contributed by atoms with Crippen molar-refractivity contribution >= 4 is 11.6 Å². The van der Waals surface area contributed by atoms with Gasteiger partial charge in [0, 0.05) is 12.5 Å². The molecule has 0 aliphatic heterocycles. The van der Waals surface area contributed by atoms with Crippen molar-refractivity contribution in [2.45, 2.75) is 26.7 Å². The maximum atomic E-state index is 12.1. The highest BCUT2D eigenvalue weighted by Crippen LogP contribution is 2.29. The van der Waals surface area contributed by atoms with Crippen molar-refractivity contribution in [1.82, 2.24) is 0 Å². The highest BCUT2D eigenvalue weighted by molar-refractivity contribution is 5.92. The Bertz CT molecular complexity index is 728. The van der Waals surface area contributed by atoms with Crippen LogP contribution in [0.5, 0.6) is 17.2 Å². The molecule has 1 N–H and O–H groups in total. The third kappa shape index (κ3) is 5.41. The molecule has 0 spiro atoms. The quantitative estimate of drug-likeness (QED) is 0.733. The Morgan fingerprint density at radius 3 is 2.52 bits per heavy atom. The number of ether oxygens (including phenoxy) is 3. The molecule has 0 aliphatic rings. The maximum absolute atomic E-state index is 12.1. The first-order valence-corrected chi connectivity index (χ1v) is 8.25. The number of anilines is 1. The first-order chi connectivity index (χ1) is 12.0. The monoisotopic (exact) mass is 343 g/mol. The van der Waals surface area contributed by atoms with Crippen LogP contribution in [-0.4, -0.2) is 26.7 Å². The van der Waals surface area contributed by atoms with E-state index in [-0.39, 0.29) is 5.91 Å². The summed E-state index contributed by atoms with van der Waals surface area (Å²) in [6.45, 7) is 4.53. The Morgan fingerprint density at radius 1 is 1.00 bits per heavy atom. The summed E-state index contributed by atoms with van der Waals surface area (Å²) in [5.74, 6) is 2.04. The van der Waals surface area contributed by atoms with Gasteiger partial charge in [-0.2, -0.15) is 0 Å². The molecule has 2 aromatic rings. The smallest absolute Gasteiger partial charge is 0.224 e. The lowest BCUT2D eigenvalue weighted by molar-refractivity contribution is -0.116. The second-order valence-corrected chi connectivity index (χ2v) is 5.84. The largest absolute Gasteiger partial charge is 0.497 e. The summed E-state index contributed by atoms with van der Waals surface area (Å²) in [6, 6.07) is 11.4. The number of hydrogen-bond donors (Lipinski definition) is 1. The molecular weight excluding hydrogens is 318 g/mol. The third-order valence-corrected chi connectivity index (χ3v) is 3.83. The van der Waals surface area contributed by atoms with Gasteiger partial charge in [0.2, 0.25) is 5.91 Å². The third-order valence-electron chi connectivity index (χ3n) is 3.83. The molecule has 0 fully saturated rings. The molecule has 0 aliphatic carbocycles. The summed E-state index contributed by atoms with van der Waals surface area (Å²) in [6.07, 6.45) is 0.997. The Morgan fingerprint density at radius 2 is 1.80 bits per heavy atom. The Kier molecular flexibility index (Phi) is 6.69. The van der Waals surface area contributed by atoms with Gasteiger partial charge >= 0.3 is 0 Å². The summed E-state index contributed by atoms with van der Waals surface area (Å²) in [4.78, 5) is 12.1. The van der Waals surface area contributed by atoms with E-state index in [1.807, 2.05) is 26.0 Å². The number of carbonyl (C=O) groups is 1. The fourth-order valence-corrected chi connectivity index (χ4v) is 2.40. The van der Waals surface area contributed by atoms with E-state index in [0.717, 1.165) is 16.9 Å². The van der Waals surface area contributed by atoms with Crippen LogP contribution in [-0.2, 0) is 4.79 Å². The van der Waals surface area contributed by atoms with E-state index >= 15 is 0 Å². The van der Waals surface area contributed by atoms with E-state index in [2.05, 4.69) is 11.4 Å². The van der Waals surface area contributed by atoms with Gasteiger partial charge in [0.05, 0.1) is 26.5 Å². The van der Waals surface area contributed by atoms with Crippen molar-refractivity contribution in [1.29, 1.82) is 0 Å². The van der Waals surface area contributed by atoms with E-state index < -0.39 is 0 Å². The average Bonchev–Trinajstić information content (AvgIpc) is 2.61. The van der Waals surface area contributed by atoms with E-state index in [1.165, 1.54) is 0 Å². The zero-order valence-electron chi connectivity index (χ0n) is 15.2. The zero-order chi connectivity index (χ0) is 18.2. The molecule has 2 aromatic carbocycles. The summed E-state index contributed by atoms with van der Waals surface area (Å²) >= 11 is 0. The SMILES string of the molecule is COc1ccc(OC)c(NC(=O)CCCOc2cc(C)ccc2C)c1. The molecule has 0 radical (unpaired) electrons. The van der Waals surface area contributed by atoms with Crippen LogP contribution in [0.3, 0.4) is 0 Å². The molecule has 0 unspecified atom stereocenters. The molecule has 0 saturated heterocycles. The lowest BCUT2D eigenvalue weighted by Gasteiger charge is -2.12. The minimum atomic E-state index is -0.0869. The lowest BCUT2D eigenvalue weighted by Crippen LogP contribution is -2.13. The van der Waals surface area contributed by atoms with Crippen LogP contribution in [0.1, 0.15) is 24.0 Å². The van der Waals surface area contributed by atoms with Crippen molar-refractivity contribution < 1.29 is 19.0 Å². The molecule has 2 rings (SSSR count). The standard InChI is InChI=1S/C20H25NO4/c1-14-7-8-15(2)19(12-14)25-11-5-6-20(22)21-17-13-16(23-3)9-10-18(17)24-4/h7-10,12-13H,5-6,11H2,1-4H3,(H,21,22). The van der Waals surface area contributed by atoms with Crippen molar-refractivity contribution in [2.24, 2.45) is 0 Å². The fourth-order valence-electron chi connectivity index (χ4n) is 2.40. The van der Waals surface area contributed by atoms with Crippen molar-refractivity contribution in [3.05, 3.63) is 47.5 Å². The summed E-state index contributed by atoms with van der Waals surface area (Å²) < 4.78 is 16.2. The van der Waals surface area contributed by atoms with Gasteiger partial charge in [-0.25, -0.2) is 0 Å². The van der Waals surface area contributed by atoms with Crippen LogP contribution in [0.2, 0.25) is 0 Å². The van der Waals surface area contributed by atoms with Gasteiger partial charge in [-0.05, 0) is 49.6 Å². The molecule has 25 heavy (non-hydrogen) atoms. The minimum absolute atomic E-state index is 0.0869. The number of benzene rings is 2. The van der Waals surface area contributed by atoms with Crippen LogP contribution in [0.4, 0.5) is 5.69 Å². The highest BCUT2D eigenvalue weighted by atomic mass is 16.5.